The van der Waals surface area contributed by atoms with Crippen LogP contribution in [0.4, 0.5) is 11.4 Å². The fraction of sp³-hybridized carbons (Fsp3) is 0.0455. The Morgan fingerprint density at radius 2 is 1.66 bits per heavy atom. The summed E-state index contributed by atoms with van der Waals surface area (Å²) < 4.78 is 4.29. The number of nitrogens with zero attached hydrogens (tertiary/aromatic N) is 3. The smallest absolute Gasteiger partial charge is 0.354 e. The maximum absolute atomic E-state index is 11.9. The number of para-hydroxylation sites is 1. The zero-order valence-electron chi connectivity index (χ0n) is 18.8. The molecule has 38 heavy (non-hydrogen) atoms. The largest absolute Gasteiger partial charge is 0.477 e. The molecule has 2 heterocycles. The number of carboxylic acid groups (broad SMARTS) is 1. The molecule has 0 fully saturated rings. The van der Waals surface area contributed by atoms with Crippen LogP contribution in [-0.2, 0) is 4.74 Å². The number of fused-ring (bicyclic) bond motifs is 2. The number of halogens is 1. The summed E-state index contributed by atoms with van der Waals surface area (Å²) in [5, 5.41) is 39.6. The molecule has 2 aromatic heterocycles. The molecule has 0 atom stereocenters. The molecule has 16 heteroatoms. The standard InChI is InChI=1S/C12H7N3O5.C10H5BrN2O5/c1-20-12(17)8-4-10(16)7-2-6(5-13)3-9(15(18)19)11(7)14-8;11-6-8(10(15)16)12-7-4(9(6)14)2-1-3-5(7)13(17)18/h2-4H,1H3,(H,14,16);1-3H,(H,12,14)(H,15,16). The summed E-state index contributed by atoms with van der Waals surface area (Å²) in [6.07, 6.45) is 0. The highest BCUT2D eigenvalue weighted by Crippen LogP contribution is 2.25. The second-order valence-electron chi connectivity index (χ2n) is 7.23. The van der Waals surface area contributed by atoms with Gasteiger partial charge in [0, 0.05) is 18.2 Å². The minimum Gasteiger partial charge on any atom is -0.477 e. The van der Waals surface area contributed by atoms with Crippen molar-refractivity contribution in [3.8, 4) is 6.07 Å². The van der Waals surface area contributed by atoms with E-state index in [9.17, 15) is 39.4 Å². The number of non-ortho nitro benzene ring substituents is 2. The molecule has 0 bridgehead atoms. The van der Waals surface area contributed by atoms with Gasteiger partial charge in [0.1, 0.15) is 22.4 Å². The van der Waals surface area contributed by atoms with Gasteiger partial charge in [-0.2, -0.15) is 5.26 Å². The summed E-state index contributed by atoms with van der Waals surface area (Å²) in [6, 6.07) is 8.91. The first-order chi connectivity index (χ1) is 17.9. The minimum atomic E-state index is -1.38. The number of esters is 1. The summed E-state index contributed by atoms with van der Waals surface area (Å²) in [5.41, 5.74) is -2.87. The summed E-state index contributed by atoms with van der Waals surface area (Å²) in [4.78, 5) is 71.4. The maximum Gasteiger partial charge on any atom is 0.354 e. The average molecular weight is 586 g/mol. The number of pyridine rings is 2. The number of nitrogens with one attached hydrogen (secondary N) is 2. The van der Waals surface area contributed by atoms with Gasteiger partial charge >= 0.3 is 11.9 Å². The van der Waals surface area contributed by atoms with Gasteiger partial charge in [0.25, 0.3) is 11.4 Å². The van der Waals surface area contributed by atoms with Crippen LogP contribution in [0.5, 0.6) is 0 Å². The molecule has 15 nitrogen and oxygen atoms in total. The van der Waals surface area contributed by atoms with E-state index in [1.165, 1.54) is 24.3 Å². The van der Waals surface area contributed by atoms with Gasteiger partial charge in [0.15, 0.2) is 5.43 Å². The summed E-state index contributed by atoms with van der Waals surface area (Å²) in [6.45, 7) is 0. The van der Waals surface area contributed by atoms with Crippen molar-refractivity contribution in [1.82, 2.24) is 9.97 Å². The third kappa shape index (κ3) is 5.08. The van der Waals surface area contributed by atoms with Crippen molar-refractivity contribution in [2.24, 2.45) is 0 Å². The minimum absolute atomic E-state index is 0.0134. The fourth-order valence-corrected chi connectivity index (χ4v) is 3.81. The van der Waals surface area contributed by atoms with E-state index in [1.807, 2.05) is 0 Å². The Morgan fingerprint density at radius 3 is 2.21 bits per heavy atom. The number of rotatable bonds is 4. The molecule has 0 amide bonds. The second-order valence-corrected chi connectivity index (χ2v) is 8.02. The predicted molar refractivity (Wildman–Crippen MR) is 133 cm³/mol. The predicted octanol–water partition coefficient (Wildman–Crippen LogP) is 2.99. The van der Waals surface area contributed by atoms with E-state index in [4.69, 9.17) is 10.4 Å². The highest BCUT2D eigenvalue weighted by Gasteiger charge is 2.21. The van der Waals surface area contributed by atoms with E-state index < -0.39 is 44.0 Å². The third-order valence-corrected chi connectivity index (χ3v) is 5.77. The van der Waals surface area contributed by atoms with Gasteiger partial charge in [0.2, 0.25) is 5.43 Å². The monoisotopic (exact) mass is 585 g/mol. The van der Waals surface area contributed by atoms with Crippen molar-refractivity contribution >= 4 is 61.0 Å². The Balaban J connectivity index is 0.000000212. The molecule has 0 aliphatic heterocycles. The highest BCUT2D eigenvalue weighted by molar-refractivity contribution is 9.10. The van der Waals surface area contributed by atoms with Crippen LogP contribution in [0, 0.1) is 31.6 Å². The number of aromatic nitrogens is 2. The van der Waals surface area contributed by atoms with Gasteiger partial charge < -0.3 is 19.8 Å². The fourth-order valence-electron chi connectivity index (χ4n) is 3.33. The lowest BCUT2D eigenvalue weighted by atomic mass is 10.1. The number of carbonyl (C=O) groups excluding carboxylic acids is 1. The van der Waals surface area contributed by atoms with E-state index in [0.717, 1.165) is 19.2 Å². The van der Waals surface area contributed by atoms with Crippen LogP contribution in [0.1, 0.15) is 26.5 Å². The van der Waals surface area contributed by atoms with Crippen LogP contribution in [0.25, 0.3) is 21.8 Å². The Morgan fingerprint density at radius 1 is 1.03 bits per heavy atom. The van der Waals surface area contributed by atoms with Crippen LogP contribution in [0.3, 0.4) is 0 Å². The number of H-pyrrole nitrogens is 2. The summed E-state index contributed by atoms with van der Waals surface area (Å²) in [7, 11) is 1.12. The molecule has 3 N–H and O–H groups in total. The first kappa shape index (κ1) is 27.2. The molecule has 0 aliphatic carbocycles. The first-order valence-corrected chi connectivity index (χ1v) is 10.8. The van der Waals surface area contributed by atoms with Crippen molar-refractivity contribution in [1.29, 1.82) is 5.26 Å². The Labute approximate surface area is 217 Å². The number of hydrogen-bond donors (Lipinski definition) is 3. The summed E-state index contributed by atoms with van der Waals surface area (Å²) >= 11 is 2.87. The Bertz CT molecular complexity index is 1840. The molecular weight excluding hydrogens is 574 g/mol. The van der Waals surface area contributed by atoms with E-state index >= 15 is 0 Å². The number of ether oxygens (including phenoxy) is 1. The van der Waals surface area contributed by atoms with Crippen molar-refractivity contribution < 1.29 is 29.3 Å². The molecule has 0 saturated carbocycles. The molecule has 0 spiro atoms. The molecule has 4 rings (SSSR count). The number of nitro groups is 2. The number of nitro benzene ring substituents is 2. The van der Waals surface area contributed by atoms with E-state index in [2.05, 4.69) is 30.6 Å². The van der Waals surface area contributed by atoms with Crippen LogP contribution < -0.4 is 10.9 Å². The van der Waals surface area contributed by atoms with Gasteiger partial charge in [-0.1, -0.05) is 6.07 Å². The number of carbonyl (C=O) groups is 2. The molecule has 4 aromatic rings. The van der Waals surface area contributed by atoms with Gasteiger partial charge in [0.05, 0.1) is 43.8 Å². The van der Waals surface area contributed by atoms with Crippen LogP contribution >= 0.6 is 15.9 Å². The average Bonchev–Trinajstić information content (AvgIpc) is 2.89. The normalized spacial score (nSPS) is 10.2. The molecule has 192 valence electrons. The third-order valence-electron chi connectivity index (χ3n) is 5.02. The number of hydrogen-bond acceptors (Lipinski definition) is 10. The van der Waals surface area contributed by atoms with E-state index in [-0.39, 0.29) is 43.2 Å². The molecular formula is C22H12BrN5O10. The van der Waals surface area contributed by atoms with Crippen LogP contribution in [0.2, 0.25) is 0 Å². The Kier molecular flexibility index (Phi) is 7.63. The van der Waals surface area contributed by atoms with Gasteiger partial charge in [-0.3, -0.25) is 29.8 Å². The van der Waals surface area contributed by atoms with Crippen LogP contribution in [-0.4, -0.2) is 44.0 Å². The number of benzene rings is 2. The zero-order chi connectivity index (χ0) is 28.3. The topological polar surface area (TPSA) is 239 Å². The second kappa shape index (κ2) is 10.7. The van der Waals surface area contributed by atoms with Crippen molar-refractivity contribution in [3.63, 3.8) is 0 Å². The number of methoxy groups -OCH3 is 1. The zero-order valence-corrected chi connectivity index (χ0v) is 20.4. The van der Waals surface area contributed by atoms with E-state index in [0.29, 0.717) is 0 Å². The van der Waals surface area contributed by atoms with Gasteiger partial charge in [-0.05, 0) is 28.1 Å². The number of carboxylic acids is 1. The lowest BCUT2D eigenvalue weighted by Crippen LogP contribution is -2.13. The molecule has 0 aliphatic rings. The highest BCUT2D eigenvalue weighted by atomic mass is 79.9. The Hall–Kier alpha value is -5.43. The van der Waals surface area contributed by atoms with Crippen LogP contribution in [0.15, 0.2) is 50.5 Å². The van der Waals surface area contributed by atoms with Crippen molar-refractivity contribution in [2.45, 2.75) is 0 Å². The lowest BCUT2D eigenvalue weighted by Gasteiger charge is -2.04. The van der Waals surface area contributed by atoms with E-state index in [1.54, 1.807) is 6.07 Å². The van der Waals surface area contributed by atoms with Crippen molar-refractivity contribution in [3.05, 3.63) is 98.5 Å². The summed E-state index contributed by atoms with van der Waals surface area (Å²) in [5.74, 6) is -2.19. The van der Waals surface area contributed by atoms with Crippen molar-refractivity contribution in [2.75, 3.05) is 7.11 Å². The number of aromatic carboxylic acids is 1. The number of nitriles is 1. The molecule has 0 unspecified atom stereocenters. The molecule has 0 radical (unpaired) electrons. The SMILES string of the molecule is COC(=O)c1cc(=O)c2cc(C#N)cc([N+](=O)[O-])c2[nH]1.O=C(O)c1[nH]c2c([N+](=O)[O-])cccc2c(=O)c1Br. The quantitative estimate of drug-likeness (QED) is 0.178. The number of aromatic amines is 2. The van der Waals surface area contributed by atoms with Gasteiger partial charge in [-0.15, -0.1) is 0 Å². The van der Waals surface area contributed by atoms with Gasteiger partial charge in [-0.25, -0.2) is 9.59 Å². The molecule has 2 aromatic carbocycles. The first-order valence-electron chi connectivity index (χ1n) is 9.97. The maximum atomic E-state index is 11.9. The lowest BCUT2D eigenvalue weighted by molar-refractivity contribution is -0.383. The molecule has 0 saturated heterocycles.